The predicted octanol–water partition coefficient (Wildman–Crippen LogP) is 15.2. The second-order valence-electron chi connectivity index (χ2n) is 18.6. The van der Waals surface area contributed by atoms with Crippen LogP contribution < -0.4 is 5.32 Å². The molecule has 4 aliphatic rings. The molecule has 0 bridgehead atoms. The third kappa shape index (κ3) is 6.03. The molecule has 0 amide bonds. The van der Waals surface area contributed by atoms with Crippen LogP contribution in [0.25, 0.3) is 55.9 Å². The standard InChI is InChI=1S/C61H50N2/c1-60(2)51-32-14-13-30-48(51)49-38-54-50(39-53(49)60)55-47(31-19-33-52(55)61(54)34-15-6-16-35-61)45-28-17-26-43(36-45)44-27-18-29-46(37-44)59-58(42-24-11-5-12-25-42)62-56(40-20-7-3-8-21-40)57(63-59)41-22-9-4-10-23-41/h3-5,7-14,17-33,36-39,57,63H,6,15-16,34-35H2,1-2H3. The van der Waals surface area contributed by atoms with E-state index in [2.05, 4.69) is 213 Å². The highest BCUT2D eigenvalue weighted by Crippen LogP contribution is 2.61. The van der Waals surface area contributed by atoms with E-state index in [-0.39, 0.29) is 16.9 Å². The van der Waals surface area contributed by atoms with E-state index in [0.717, 1.165) is 33.8 Å². The van der Waals surface area contributed by atoms with Gasteiger partial charge in [0.25, 0.3) is 0 Å². The second kappa shape index (κ2) is 14.8. The molecule has 1 heterocycles. The van der Waals surface area contributed by atoms with E-state index in [1.165, 1.54) is 98.9 Å². The number of hydrogen-bond acceptors (Lipinski definition) is 2. The van der Waals surface area contributed by atoms with Crippen molar-refractivity contribution in [2.75, 3.05) is 0 Å². The van der Waals surface area contributed by atoms with Crippen molar-refractivity contribution in [1.29, 1.82) is 0 Å². The molecule has 0 aromatic heterocycles. The van der Waals surface area contributed by atoms with Gasteiger partial charge >= 0.3 is 0 Å². The van der Waals surface area contributed by atoms with Gasteiger partial charge in [-0.1, -0.05) is 203 Å². The average Bonchev–Trinajstić information content (AvgIpc) is 3.74. The summed E-state index contributed by atoms with van der Waals surface area (Å²) in [6, 6.07) is 71.6. The third-order valence-electron chi connectivity index (χ3n) is 14.7. The van der Waals surface area contributed by atoms with Gasteiger partial charge in [0.15, 0.2) is 0 Å². The molecule has 2 nitrogen and oxygen atoms in total. The van der Waals surface area contributed by atoms with E-state index in [9.17, 15) is 0 Å². The lowest BCUT2D eigenvalue weighted by atomic mass is 9.67. The average molecular weight is 811 g/mol. The first-order valence-electron chi connectivity index (χ1n) is 22.9. The first kappa shape index (κ1) is 37.7. The largest absolute Gasteiger partial charge is 0.370 e. The van der Waals surface area contributed by atoms with Gasteiger partial charge in [0.05, 0.1) is 23.1 Å². The van der Waals surface area contributed by atoms with E-state index in [0.29, 0.717) is 0 Å². The summed E-state index contributed by atoms with van der Waals surface area (Å²) in [6.07, 6.45) is 6.29. The highest BCUT2D eigenvalue weighted by atomic mass is 15.0. The molecular formula is C61H50N2. The first-order chi connectivity index (χ1) is 31.0. The van der Waals surface area contributed by atoms with Crippen LogP contribution in [0.1, 0.15) is 96.5 Å². The van der Waals surface area contributed by atoms with Crippen molar-refractivity contribution in [1.82, 2.24) is 5.32 Å². The van der Waals surface area contributed by atoms with E-state index < -0.39 is 0 Å². The topological polar surface area (TPSA) is 24.4 Å². The van der Waals surface area contributed by atoms with Crippen LogP contribution in [0.2, 0.25) is 0 Å². The Bertz CT molecular complexity index is 3130. The Morgan fingerprint density at radius 2 is 0.984 bits per heavy atom. The van der Waals surface area contributed by atoms with Crippen molar-refractivity contribution in [2.45, 2.75) is 62.8 Å². The number of fused-ring (bicyclic) bond motifs is 8. The normalized spacial score (nSPS) is 17.6. The van der Waals surface area contributed by atoms with Crippen LogP contribution in [0.3, 0.4) is 0 Å². The van der Waals surface area contributed by atoms with Crippen LogP contribution >= 0.6 is 0 Å². The molecule has 0 saturated heterocycles. The molecule has 1 saturated carbocycles. The Morgan fingerprint density at radius 3 is 1.73 bits per heavy atom. The highest BCUT2D eigenvalue weighted by molar-refractivity contribution is 6.12. The summed E-state index contributed by atoms with van der Waals surface area (Å²) >= 11 is 0. The smallest absolute Gasteiger partial charge is 0.0947 e. The van der Waals surface area contributed by atoms with Gasteiger partial charge in [0.2, 0.25) is 0 Å². The van der Waals surface area contributed by atoms with Crippen molar-refractivity contribution >= 4 is 17.1 Å². The Balaban J connectivity index is 0.990. The maximum absolute atomic E-state index is 5.56. The van der Waals surface area contributed by atoms with Crippen molar-refractivity contribution in [3.8, 4) is 44.5 Å². The fraction of sp³-hybridized carbons (Fsp3) is 0.164. The van der Waals surface area contributed by atoms with Crippen LogP contribution in [0, 0.1) is 0 Å². The van der Waals surface area contributed by atoms with E-state index in [1.54, 1.807) is 5.56 Å². The van der Waals surface area contributed by atoms with E-state index in [4.69, 9.17) is 4.99 Å². The van der Waals surface area contributed by atoms with Crippen molar-refractivity contribution < 1.29 is 0 Å². The molecule has 12 rings (SSSR count). The summed E-state index contributed by atoms with van der Waals surface area (Å²) in [4.78, 5) is 5.56. The molecule has 8 aromatic rings. The van der Waals surface area contributed by atoms with Gasteiger partial charge in [-0.05, 0) is 115 Å². The molecule has 1 aliphatic heterocycles. The summed E-state index contributed by atoms with van der Waals surface area (Å²) in [6.45, 7) is 4.83. The zero-order chi connectivity index (χ0) is 42.1. The van der Waals surface area contributed by atoms with Gasteiger partial charge in [-0.3, -0.25) is 0 Å². The first-order valence-corrected chi connectivity index (χ1v) is 22.9. The van der Waals surface area contributed by atoms with Crippen molar-refractivity contribution in [3.05, 3.63) is 239 Å². The Morgan fingerprint density at radius 1 is 0.429 bits per heavy atom. The summed E-state index contributed by atoms with van der Waals surface area (Å²) in [5, 5.41) is 4.04. The maximum atomic E-state index is 5.56. The van der Waals surface area contributed by atoms with Crippen molar-refractivity contribution in [3.63, 3.8) is 0 Å². The Hall–Kier alpha value is -7.03. The van der Waals surface area contributed by atoms with E-state index in [1.807, 2.05) is 0 Å². The lowest BCUT2D eigenvalue weighted by Crippen LogP contribution is -2.32. The maximum Gasteiger partial charge on any atom is 0.0947 e. The van der Waals surface area contributed by atoms with Crippen LogP contribution in [0.15, 0.2) is 199 Å². The minimum absolute atomic E-state index is 0.0537. The number of nitrogens with zero attached hydrogens (tertiary/aromatic N) is 1. The van der Waals surface area contributed by atoms with Gasteiger partial charge in [-0.15, -0.1) is 0 Å². The third-order valence-corrected chi connectivity index (χ3v) is 14.7. The summed E-state index contributed by atoms with van der Waals surface area (Å²) in [5.74, 6) is 0. The number of aliphatic imine (C=N–C) groups is 1. The Kier molecular flexibility index (Phi) is 8.87. The molecule has 8 aromatic carbocycles. The zero-order valence-electron chi connectivity index (χ0n) is 36.0. The number of nitrogens with one attached hydrogen (secondary N) is 1. The zero-order valence-corrected chi connectivity index (χ0v) is 36.0. The molecular weight excluding hydrogens is 761 g/mol. The number of benzene rings is 8. The fourth-order valence-electron chi connectivity index (χ4n) is 11.7. The van der Waals surface area contributed by atoms with Crippen LogP contribution in [0.5, 0.6) is 0 Å². The molecule has 2 heteroatoms. The van der Waals surface area contributed by atoms with Gasteiger partial charge in [-0.25, -0.2) is 4.99 Å². The fourth-order valence-corrected chi connectivity index (χ4v) is 11.7. The predicted molar refractivity (Wildman–Crippen MR) is 263 cm³/mol. The monoisotopic (exact) mass is 810 g/mol. The molecule has 3 aliphatic carbocycles. The van der Waals surface area contributed by atoms with Gasteiger partial charge in [0, 0.05) is 22.0 Å². The molecule has 1 spiro atoms. The minimum atomic E-state index is -0.125. The van der Waals surface area contributed by atoms with Gasteiger partial charge in [0.1, 0.15) is 0 Å². The molecule has 1 N–H and O–H groups in total. The van der Waals surface area contributed by atoms with Crippen LogP contribution in [0.4, 0.5) is 0 Å². The van der Waals surface area contributed by atoms with Gasteiger partial charge < -0.3 is 5.32 Å². The molecule has 1 fully saturated rings. The van der Waals surface area contributed by atoms with Gasteiger partial charge in [-0.2, -0.15) is 0 Å². The molecule has 0 radical (unpaired) electrons. The highest BCUT2D eigenvalue weighted by Gasteiger charge is 2.47. The van der Waals surface area contributed by atoms with Crippen LogP contribution in [-0.4, -0.2) is 5.71 Å². The molecule has 304 valence electrons. The van der Waals surface area contributed by atoms with Crippen LogP contribution in [-0.2, 0) is 10.8 Å². The summed E-state index contributed by atoms with van der Waals surface area (Å²) < 4.78 is 0. The number of hydrogen-bond donors (Lipinski definition) is 1. The quantitative estimate of drug-likeness (QED) is 0.178. The Labute approximate surface area is 371 Å². The lowest BCUT2D eigenvalue weighted by Gasteiger charge is -2.36. The minimum Gasteiger partial charge on any atom is -0.370 e. The molecule has 63 heavy (non-hydrogen) atoms. The van der Waals surface area contributed by atoms with E-state index >= 15 is 0 Å². The molecule has 1 atom stereocenters. The summed E-state index contributed by atoms with van der Waals surface area (Å²) in [5.41, 5.74) is 24.2. The van der Waals surface area contributed by atoms with Crippen molar-refractivity contribution in [2.24, 2.45) is 4.99 Å². The second-order valence-corrected chi connectivity index (χ2v) is 18.6. The number of rotatable bonds is 6. The summed E-state index contributed by atoms with van der Waals surface area (Å²) in [7, 11) is 0. The lowest BCUT2D eigenvalue weighted by molar-refractivity contribution is 0.353. The molecule has 1 unspecified atom stereocenters. The SMILES string of the molecule is CC1(C)c2ccccc2-c2cc3c(cc21)-c1c(-c2cccc(-c4cccc(C5=C(c6ccccc6)N=C(c6ccccc6)C(c6ccccc6)N5)c4)c2)cccc1C31CCCCC1.